The molecule has 0 radical (unpaired) electrons. The monoisotopic (exact) mass is 285 g/mol. The molecule has 0 amide bonds. The lowest BCUT2D eigenvalue weighted by Crippen LogP contribution is -2.16. The van der Waals surface area contributed by atoms with Crippen molar-refractivity contribution in [1.82, 2.24) is 4.57 Å². The van der Waals surface area contributed by atoms with Crippen molar-refractivity contribution in [2.75, 3.05) is 5.73 Å². The Morgan fingerprint density at radius 1 is 1.19 bits per heavy atom. The van der Waals surface area contributed by atoms with Crippen molar-refractivity contribution < 1.29 is 9.34 Å². The maximum absolute atomic E-state index is 11.9. The molecule has 0 unspecified atom stereocenters. The molecule has 2 aromatic carbocycles. The zero-order chi connectivity index (χ0) is 15.0. The lowest BCUT2D eigenvalue weighted by atomic mass is 10.1. The molecule has 1 aromatic heterocycles. The second kappa shape index (κ2) is 4.78. The summed E-state index contributed by atoms with van der Waals surface area (Å²) < 4.78 is 6.52. The number of hydrogen-bond acceptors (Lipinski definition) is 5. The van der Waals surface area contributed by atoms with Gasteiger partial charge in [-0.05, 0) is 12.1 Å². The first-order valence-corrected chi connectivity index (χ1v) is 6.18. The van der Waals surface area contributed by atoms with Crippen molar-refractivity contribution in [3.8, 4) is 0 Å². The molecule has 0 aliphatic heterocycles. The van der Waals surface area contributed by atoms with Gasteiger partial charge in [-0.15, -0.1) is 0 Å². The van der Waals surface area contributed by atoms with Crippen LogP contribution in [0.15, 0.2) is 51.7 Å². The van der Waals surface area contributed by atoms with E-state index in [-0.39, 0.29) is 17.9 Å². The maximum atomic E-state index is 11.9. The Morgan fingerprint density at radius 2 is 1.95 bits per heavy atom. The second-order valence-corrected chi connectivity index (χ2v) is 4.53. The number of nitrogens with two attached hydrogens (primary N) is 1. The number of anilines is 1. The third-order valence-corrected chi connectivity index (χ3v) is 3.27. The molecule has 3 rings (SSSR count). The van der Waals surface area contributed by atoms with E-state index in [1.54, 1.807) is 30.3 Å². The van der Waals surface area contributed by atoms with E-state index in [9.17, 15) is 14.9 Å². The third kappa shape index (κ3) is 2.14. The van der Waals surface area contributed by atoms with Crippen LogP contribution < -0.4 is 11.5 Å². The summed E-state index contributed by atoms with van der Waals surface area (Å²) in [5, 5.41) is 10.9. The number of fused-ring (bicyclic) bond motifs is 1. The minimum absolute atomic E-state index is 0.0553. The first kappa shape index (κ1) is 12.9. The Bertz CT molecular complexity index is 895. The number of nitrogens with zero attached hydrogens (tertiary/aromatic N) is 2. The fourth-order valence-electron chi connectivity index (χ4n) is 2.23. The molecule has 0 atom stereocenters. The van der Waals surface area contributed by atoms with Gasteiger partial charge in [0.1, 0.15) is 5.69 Å². The number of nitrogen functional groups attached to an aromatic ring is 1. The van der Waals surface area contributed by atoms with Crippen LogP contribution in [0.4, 0.5) is 11.4 Å². The molecular weight excluding hydrogens is 274 g/mol. The summed E-state index contributed by atoms with van der Waals surface area (Å²) in [6, 6.07) is 11.5. The van der Waals surface area contributed by atoms with Gasteiger partial charge in [0.15, 0.2) is 5.58 Å². The van der Waals surface area contributed by atoms with Gasteiger partial charge < -0.3 is 10.2 Å². The lowest BCUT2D eigenvalue weighted by Gasteiger charge is -2.06. The van der Waals surface area contributed by atoms with Crippen LogP contribution in [0.1, 0.15) is 5.56 Å². The fraction of sp³-hybridized carbons (Fsp3) is 0.0714. The SMILES string of the molecule is Nc1c(Cn2c(=O)oc3ccccc32)cccc1[N+](=O)[O-]. The van der Waals surface area contributed by atoms with Crippen LogP contribution in [0.2, 0.25) is 0 Å². The number of rotatable bonds is 3. The van der Waals surface area contributed by atoms with Gasteiger partial charge in [-0.2, -0.15) is 0 Å². The number of aromatic nitrogens is 1. The molecule has 0 aliphatic rings. The first-order chi connectivity index (χ1) is 10.1. The van der Waals surface area contributed by atoms with E-state index in [0.29, 0.717) is 16.7 Å². The smallest absolute Gasteiger partial charge is 0.408 e. The molecule has 7 nitrogen and oxygen atoms in total. The normalized spacial score (nSPS) is 10.9. The molecule has 1 heterocycles. The van der Waals surface area contributed by atoms with Gasteiger partial charge in [-0.25, -0.2) is 4.79 Å². The predicted octanol–water partition coefficient (Wildman–Crippen LogP) is 2.13. The van der Waals surface area contributed by atoms with E-state index in [4.69, 9.17) is 10.2 Å². The Balaban J connectivity index is 2.11. The van der Waals surface area contributed by atoms with Crippen molar-refractivity contribution in [3.63, 3.8) is 0 Å². The number of benzene rings is 2. The van der Waals surface area contributed by atoms with Crippen LogP contribution in [0.3, 0.4) is 0 Å². The van der Waals surface area contributed by atoms with Gasteiger partial charge in [-0.1, -0.05) is 24.3 Å². The van der Waals surface area contributed by atoms with Crippen LogP contribution in [0, 0.1) is 10.1 Å². The van der Waals surface area contributed by atoms with E-state index >= 15 is 0 Å². The third-order valence-electron chi connectivity index (χ3n) is 3.27. The Hall–Kier alpha value is -3.09. The van der Waals surface area contributed by atoms with Gasteiger partial charge in [0.05, 0.1) is 17.0 Å². The summed E-state index contributed by atoms with van der Waals surface area (Å²) in [4.78, 5) is 22.2. The highest BCUT2D eigenvalue weighted by molar-refractivity contribution is 5.73. The number of hydrogen-bond donors (Lipinski definition) is 1. The van der Waals surface area contributed by atoms with Gasteiger partial charge in [0, 0.05) is 11.6 Å². The fourth-order valence-corrected chi connectivity index (χ4v) is 2.23. The average molecular weight is 285 g/mol. The molecule has 0 fully saturated rings. The standard InChI is InChI=1S/C14H11N3O4/c15-13-9(4-3-6-11(13)17(19)20)8-16-10-5-1-2-7-12(10)21-14(16)18/h1-7H,8,15H2. The Kier molecular flexibility index (Phi) is 2.94. The largest absolute Gasteiger partial charge is 0.420 e. The molecule has 3 aromatic rings. The average Bonchev–Trinajstić information content (AvgIpc) is 2.77. The highest BCUT2D eigenvalue weighted by Crippen LogP contribution is 2.26. The number of nitro benzene ring substituents is 1. The van der Waals surface area contributed by atoms with Crippen molar-refractivity contribution in [2.24, 2.45) is 0 Å². The van der Waals surface area contributed by atoms with Gasteiger partial charge >= 0.3 is 5.76 Å². The molecule has 0 bridgehead atoms. The molecular formula is C14H11N3O4. The van der Waals surface area contributed by atoms with Crippen molar-refractivity contribution in [1.29, 1.82) is 0 Å². The Morgan fingerprint density at radius 3 is 2.71 bits per heavy atom. The van der Waals surface area contributed by atoms with Gasteiger partial charge in [0.25, 0.3) is 5.69 Å². The quantitative estimate of drug-likeness (QED) is 0.451. The van der Waals surface area contributed by atoms with Crippen LogP contribution in [0.5, 0.6) is 0 Å². The molecule has 21 heavy (non-hydrogen) atoms. The highest BCUT2D eigenvalue weighted by atomic mass is 16.6. The molecule has 2 N–H and O–H groups in total. The summed E-state index contributed by atoms with van der Waals surface area (Å²) in [7, 11) is 0. The van der Waals surface area contributed by atoms with Crippen molar-refractivity contribution in [3.05, 3.63) is 68.7 Å². The first-order valence-electron chi connectivity index (χ1n) is 6.18. The number of para-hydroxylation sites is 3. The van der Waals surface area contributed by atoms with E-state index in [1.165, 1.54) is 16.7 Å². The van der Waals surface area contributed by atoms with Gasteiger partial charge in [0.2, 0.25) is 0 Å². The van der Waals surface area contributed by atoms with Crippen molar-refractivity contribution in [2.45, 2.75) is 6.54 Å². The summed E-state index contributed by atoms with van der Waals surface area (Å²) in [6.45, 7) is 0.114. The van der Waals surface area contributed by atoms with Crippen LogP contribution in [-0.2, 0) is 6.54 Å². The van der Waals surface area contributed by atoms with Crippen LogP contribution in [-0.4, -0.2) is 9.49 Å². The highest BCUT2D eigenvalue weighted by Gasteiger charge is 2.16. The molecule has 0 saturated carbocycles. The summed E-state index contributed by atoms with van der Waals surface area (Å²) in [5.41, 5.74) is 7.27. The van der Waals surface area contributed by atoms with Gasteiger partial charge in [-0.3, -0.25) is 14.7 Å². The zero-order valence-electron chi connectivity index (χ0n) is 10.9. The lowest BCUT2D eigenvalue weighted by molar-refractivity contribution is -0.383. The van der Waals surface area contributed by atoms with Crippen LogP contribution >= 0.6 is 0 Å². The van der Waals surface area contributed by atoms with E-state index in [0.717, 1.165) is 0 Å². The summed E-state index contributed by atoms with van der Waals surface area (Å²) in [6.07, 6.45) is 0. The summed E-state index contributed by atoms with van der Waals surface area (Å²) >= 11 is 0. The van der Waals surface area contributed by atoms with E-state index in [2.05, 4.69) is 0 Å². The zero-order valence-corrected chi connectivity index (χ0v) is 10.9. The van der Waals surface area contributed by atoms with Crippen LogP contribution in [0.25, 0.3) is 11.1 Å². The topological polar surface area (TPSA) is 104 Å². The Labute approximate surface area is 118 Å². The molecule has 0 saturated heterocycles. The molecule has 0 aliphatic carbocycles. The van der Waals surface area contributed by atoms with E-state index < -0.39 is 10.7 Å². The summed E-state index contributed by atoms with van der Waals surface area (Å²) in [5.74, 6) is -0.526. The molecule has 106 valence electrons. The second-order valence-electron chi connectivity index (χ2n) is 4.53. The molecule has 7 heteroatoms. The maximum Gasteiger partial charge on any atom is 0.420 e. The number of oxazole rings is 1. The number of nitro groups is 1. The predicted molar refractivity (Wildman–Crippen MR) is 77.1 cm³/mol. The minimum atomic E-state index is -0.547. The molecule has 0 spiro atoms. The minimum Gasteiger partial charge on any atom is -0.408 e. The van der Waals surface area contributed by atoms with E-state index in [1.807, 2.05) is 0 Å². The van der Waals surface area contributed by atoms with Crippen molar-refractivity contribution >= 4 is 22.5 Å².